The molecule has 0 aliphatic carbocycles. The van der Waals surface area contributed by atoms with Crippen LogP contribution in [0.25, 0.3) is 0 Å². The molecule has 3 rings (SSSR count). The highest BCUT2D eigenvalue weighted by Gasteiger charge is 2.25. The summed E-state index contributed by atoms with van der Waals surface area (Å²) in [6.07, 6.45) is -0.202. The van der Waals surface area contributed by atoms with Crippen LogP contribution in [0.4, 0.5) is 0 Å². The van der Waals surface area contributed by atoms with E-state index in [9.17, 15) is 4.79 Å². The van der Waals surface area contributed by atoms with Gasteiger partial charge in [0.2, 0.25) is 0 Å². The van der Waals surface area contributed by atoms with E-state index in [1.165, 1.54) is 0 Å². The molecule has 0 N–H and O–H groups in total. The van der Waals surface area contributed by atoms with Gasteiger partial charge in [-0.3, -0.25) is 4.79 Å². The molecule has 1 atom stereocenters. The lowest BCUT2D eigenvalue weighted by Crippen LogP contribution is -2.41. The third-order valence-corrected chi connectivity index (χ3v) is 3.60. The Hall–Kier alpha value is -1.95. The molecule has 0 unspecified atom stereocenters. The molecular weight excluding hydrogens is 338 g/mol. The van der Waals surface area contributed by atoms with Crippen LogP contribution in [0.5, 0.6) is 11.5 Å². The molecule has 2 aromatic rings. The van der Waals surface area contributed by atoms with Crippen LogP contribution >= 0.6 is 15.9 Å². The standard InChI is InChI=1S/C15H14BrNO4/c1-17(15(18)13-6-7-14(16)21-13)8-10-9-19-11-4-2-3-5-12(11)20-10/h2-7,10H,8-9H2,1H3/t10-/m0/s1. The molecule has 0 saturated heterocycles. The minimum absolute atomic E-state index is 0.192. The first-order chi connectivity index (χ1) is 10.1. The van der Waals surface area contributed by atoms with Gasteiger partial charge in [0.1, 0.15) is 6.61 Å². The molecule has 6 heteroatoms. The SMILES string of the molecule is CN(C[C@H]1COc2ccccc2O1)C(=O)c1ccc(Br)o1. The second-order valence-electron chi connectivity index (χ2n) is 4.79. The fraction of sp³-hybridized carbons (Fsp3) is 0.267. The van der Waals surface area contributed by atoms with Gasteiger partial charge in [0, 0.05) is 7.05 Å². The van der Waals surface area contributed by atoms with Crippen molar-refractivity contribution < 1.29 is 18.7 Å². The number of carbonyl (C=O) groups is 1. The number of amides is 1. The number of hydrogen-bond acceptors (Lipinski definition) is 4. The molecule has 110 valence electrons. The number of rotatable bonds is 3. The van der Waals surface area contributed by atoms with E-state index < -0.39 is 0 Å². The molecule has 1 aromatic carbocycles. The number of furan rings is 1. The molecule has 0 saturated carbocycles. The number of nitrogens with zero attached hydrogens (tertiary/aromatic N) is 1. The van der Waals surface area contributed by atoms with Gasteiger partial charge in [0.05, 0.1) is 6.54 Å². The molecule has 1 aliphatic heterocycles. The predicted molar refractivity (Wildman–Crippen MR) is 79.7 cm³/mol. The topological polar surface area (TPSA) is 51.9 Å². The molecule has 5 nitrogen and oxygen atoms in total. The van der Waals surface area contributed by atoms with Crippen molar-refractivity contribution in [3.05, 3.63) is 46.8 Å². The van der Waals surface area contributed by atoms with E-state index in [0.717, 1.165) is 5.75 Å². The minimum atomic E-state index is -0.202. The molecule has 0 radical (unpaired) electrons. The van der Waals surface area contributed by atoms with Crippen LogP contribution in [-0.4, -0.2) is 37.1 Å². The zero-order chi connectivity index (χ0) is 14.8. The number of benzene rings is 1. The molecule has 0 spiro atoms. The summed E-state index contributed by atoms with van der Waals surface area (Å²) in [4.78, 5) is 13.8. The maximum absolute atomic E-state index is 12.2. The average Bonchev–Trinajstić information content (AvgIpc) is 2.93. The number of carbonyl (C=O) groups excluding carboxylic acids is 1. The number of hydrogen-bond donors (Lipinski definition) is 0. The van der Waals surface area contributed by atoms with Gasteiger partial charge in [-0.25, -0.2) is 0 Å². The third kappa shape index (κ3) is 3.05. The Morgan fingerprint density at radius 3 is 2.76 bits per heavy atom. The van der Waals surface area contributed by atoms with Crippen molar-refractivity contribution in [2.45, 2.75) is 6.10 Å². The lowest BCUT2D eigenvalue weighted by molar-refractivity contribution is 0.0501. The van der Waals surface area contributed by atoms with Gasteiger partial charge in [-0.1, -0.05) is 12.1 Å². The summed E-state index contributed by atoms with van der Waals surface area (Å²) in [6, 6.07) is 10.8. The average molecular weight is 352 g/mol. The molecule has 1 aromatic heterocycles. The monoisotopic (exact) mass is 351 g/mol. The molecule has 0 fully saturated rings. The summed E-state index contributed by atoms with van der Waals surface area (Å²) in [7, 11) is 1.71. The zero-order valence-electron chi connectivity index (χ0n) is 11.4. The molecule has 21 heavy (non-hydrogen) atoms. The maximum Gasteiger partial charge on any atom is 0.289 e. The van der Waals surface area contributed by atoms with Gasteiger partial charge >= 0.3 is 0 Å². The Balaban J connectivity index is 1.63. The first-order valence-corrected chi connectivity index (χ1v) is 7.32. The quantitative estimate of drug-likeness (QED) is 0.852. The van der Waals surface area contributed by atoms with Crippen LogP contribution < -0.4 is 9.47 Å². The molecule has 1 amide bonds. The molecule has 2 heterocycles. The Morgan fingerprint density at radius 2 is 2.05 bits per heavy atom. The van der Waals surface area contributed by atoms with Crippen LogP contribution in [0, 0.1) is 0 Å². The van der Waals surface area contributed by atoms with Gasteiger partial charge in [0.25, 0.3) is 5.91 Å². The number of fused-ring (bicyclic) bond motifs is 1. The molecule has 1 aliphatic rings. The Bertz CT molecular complexity index is 655. The highest BCUT2D eigenvalue weighted by atomic mass is 79.9. The van der Waals surface area contributed by atoms with E-state index in [-0.39, 0.29) is 12.0 Å². The van der Waals surface area contributed by atoms with E-state index in [0.29, 0.717) is 29.3 Å². The summed E-state index contributed by atoms with van der Waals surface area (Å²) in [5, 5.41) is 0. The van der Waals surface area contributed by atoms with Gasteiger partial charge < -0.3 is 18.8 Å². The van der Waals surface area contributed by atoms with E-state index in [4.69, 9.17) is 13.9 Å². The fourth-order valence-electron chi connectivity index (χ4n) is 2.16. The lowest BCUT2D eigenvalue weighted by atomic mass is 10.2. The van der Waals surface area contributed by atoms with Crippen molar-refractivity contribution in [1.82, 2.24) is 4.90 Å². The van der Waals surface area contributed by atoms with Crippen LogP contribution in [0.3, 0.4) is 0 Å². The van der Waals surface area contributed by atoms with Gasteiger partial charge in [0.15, 0.2) is 28.0 Å². The van der Waals surface area contributed by atoms with Crippen molar-refractivity contribution in [2.75, 3.05) is 20.2 Å². The van der Waals surface area contributed by atoms with Crippen molar-refractivity contribution in [3.63, 3.8) is 0 Å². The Kier molecular flexibility index (Phi) is 3.88. The largest absolute Gasteiger partial charge is 0.486 e. The smallest absolute Gasteiger partial charge is 0.289 e. The van der Waals surface area contributed by atoms with Gasteiger partial charge in [-0.05, 0) is 40.2 Å². The minimum Gasteiger partial charge on any atom is -0.486 e. The zero-order valence-corrected chi connectivity index (χ0v) is 13.0. The van der Waals surface area contributed by atoms with Gasteiger partial charge in [-0.2, -0.15) is 0 Å². The number of halogens is 1. The maximum atomic E-state index is 12.2. The molecule has 0 bridgehead atoms. The Labute approximate surface area is 130 Å². The van der Waals surface area contributed by atoms with E-state index >= 15 is 0 Å². The summed E-state index contributed by atoms with van der Waals surface area (Å²) < 4.78 is 17.3. The van der Waals surface area contributed by atoms with Crippen LogP contribution in [0.1, 0.15) is 10.6 Å². The number of para-hydroxylation sites is 2. The fourth-order valence-corrected chi connectivity index (χ4v) is 2.47. The summed E-state index contributed by atoms with van der Waals surface area (Å²) in [6.45, 7) is 0.835. The first kappa shape index (κ1) is 14.0. The summed E-state index contributed by atoms with van der Waals surface area (Å²) >= 11 is 3.18. The van der Waals surface area contributed by atoms with Crippen LogP contribution in [0.2, 0.25) is 0 Å². The van der Waals surface area contributed by atoms with Crippen molar-refractivity contribution in [3.8, 4) is 11.5 Å². The van der Waals surface area contributed by atoms with E-state index in [2.05, 4.69) is 15.9 Å². The first-order valence-electron chi connectivity index (χ1n) is 6.53. The van der Waals surface area contributed by atoms with E-state index in [1.807, 2.05) is 24.3 Å². The Morgan fingerprint density at radius 1 is 1.29 bits per heavy atom. The summed E-state index contributed by atoms with van der Waals surface area (Å²) in [5.41, 5.74) is 0. The number of likely N-dealkylation sites (N-methyl/N-ethyl adjacent to an activating group) is 1. The highest BCUT2D eigenvalue weighted by molar-refractivity contribution is 9.10. The highest BCUT2D eigenvalue weighted by Crippen LogP contribution is 2.31. The normalized spacial score (nSPS) is 16.6. The predicted octanol–water partition coefficient (Wildman–Crippen LogP) is 2.95. The number of ether oxygens (including phenoxy) is 2. The second kappa shape index (κ2) is 5.81. The van der Waals surface area contributed by atoms with Crippen LogP contribution in [0.15, 0.2) is 45.5 Å². The second-order valence-corrected chi connectivity index (χ2v) is 5.57. The van der Waals surface area contributed by atoms with Crippen molar-refractivity contribution >= 4 is 21.8 Å². The van der Waals surface area contributed by atoms with Gasteiger partial charge in [-0.15, -0.1) is 0 Å². The lowest BCUT2D eigenvalue weighted by Gasteiger charge is -2.29. The molecular formula is C15H14BrNO4. The third-order valence-electron chi connectivity index (χ3n) is 3.18. The van der Waals surface area contributed by atoms with E-state index in [1.54, 1.807) is 24.1 Å². The van der Waals surface area contributed by atoms with Crippen molar-refractivity contribution in [2.24, 2.45) is 0 Å². The van der Waals surface area contributed by atoms with Crippen LogP contribution in [-0.2, 0) is 0 Å². The van der Waals surface area contributed by atoms with Crippen molar-refractivity contribution in [1.29, 1.82) is 0 Å². The summed E-state index contributed by atoms with van der Waals surface area (Å²) in [5.74, 6) is 1.54.